The number of para-hydroxylation sites is 1. The fourth-order valence-electron chi connectivity index (χ4n) is 3.42. The molecule has 1 heterocycles. The zero-order valence-corrected chi connectivity index (χ0v) is 18.8. The Kier molecular flexibility index (Phi) is 6.90. The second kappa shape index (κ2) is 10.2. The summed E-state index contributed by atoms with van der Waals surface area (Å²) in [5.74, 6) is 2.54. The van der Waals surface area contributed by atoms with Crippen molar-refractivity contribution in [1.29, 1.82) is 0 Å². The quantitative estimate of drug-likeness (QED) is 0.343. The molecule has 0 amide bonds. The highest BCUT2D eigenvalue weighted by Crippen LogP contribution is 2.33. The van der Waals surface area contributed by atoms with Crippen molar-refractivity contribution in [2.75, 3.05) is 19.0 Å². The van der Waals surface area contributed by atoms with E-state index in [9.17, 15) is 5.11 Å². The Morgan fingerprint density at radius 2 is 1.85 bits per heavy atom. The molecule has 170 valence electrons. The number of rotatable bonds is 9. The van der Waals surface area contributed by atoms with Crippen molar-refractivity contribution in [3.8, 4) is 28.6 Å². The Morgan fingerprint density at radius 1 is 1.00 bits per heavy atom. The summed E-state index contributed by atoms with van der Waals surface area (Å²) in [4.78, 5) is 9.39. The van der Waals surface area contributed by atoms with Gasteiger partial charge in [-0.05, 0) is 54.4 Å². The van der Waals surface area contributed by atoms with Gasteiger partial charge in [0.15, 0.2) is 5.82 Å². The number of phenols is 1. The van der Waals surface area contributed by atoms with Crippen LogP contribution < -0.4 is 20.5 Å². The molecule has 7 heteroatoms. The van der Waals surface area contributed by atoms with Crippen molar-refractivity contribution in [3.05, 3.63) is 72.3 Å². The Balaban J connectivity index is 1.64. The fourth-order valence-corrected chi connectivity index (χ4v) is 3.42. The number of aromatic nitrogens is 2. The van der Waals surface area contributed by atoms with Crippen molar-refractivity contribution in [2.45, 2.75) is 26.0 Å². The molecule has 0 saturated heterocycles. The van der Waals surface area contributed by atoms with Gasteiger partial charge in [-0.15, -0.1) is 0 Å². The Bertz CT molecular complexity index is 1250. The molecule has 1 aromatic heterocycles. The first-order valence-electron chi connectivity index (χ1n) is 10.9. The van der Waals surface area contributed by atoms with Crippen molar-refractivity contribution in [2.24, 2.45) is 5.73 Å². The first kappa shape index (κ1) is 22.4. The Hall–Kier alpha value is -3.84. The predicted molar refractivity (Wildman–Crippen MR) is 131 cm³/mol. The van der Waals surface area contributed by atoms with E-state index in [4.69, 9.17) is 20.2 Å². The van der Waals surface area contributed by atoms with E-state index in [1.165, 1.54) is 0 Å². The molecule has 0 fully saturated rings. The van der Waals surface area contributed by atoms with Gasteiger partial charge in [0.1, 0.15) is 29.7 Å². The van der Waals surface area contributed by atoms with Crippen molar-refractivity contribution in [1.82, 2.24) is 9.97 Å². The Morgan fingerprint density at radius 3 is 2.67 bits per heavy atom. The van der Waals surface area contributed by atoms with Crippen LogP contribution in [-0.4, -0.2) is 34.8 Å². The number of nitrogens with zero attached hydrogens (tertiary/aromatic N) is 2. The molecule has 1 unspecified atom stereocenters. The zero-order chi connectivity index (χ0) is 23.2. The summed E-state index contributed by atoms with van der Waals surface area (Å²) in [6, 6.07) is 20.5. The number of aromatic hydroxyl groups is 1. The number of benzene rings is 3. The summed E-state index contributed by atoms with van der Waals surface area (Å²) < 4.78 is 11.2. The molecule has 0 aliphatic rings. The number of ether oxygens (including phenoxy) is 2. The van der Waals surface area contributed by atoms with Gasteiger partial charge in [0.2, 0.25) is 0 Å². The number of fused-ring (bicyclic) bond motifs is 1. The summed E-state index contributed by atoms with van der Waals surface area (Å²) in [5, 5.41) is 14.8. The molecule has 4 N–H and O–H groups in total. The van der Waals surface area contributed by atoms with Crippen LogP contribution in [0, 0.1) is 0 Å². The molecule has 7 nitrogen and oxygen atoms in total. The van der Waals surface area contributed by atoms with Gasteiger partial charge < -0.3 is 25.6 Å². The van der Waals surface area contributed by atoms with E-state index in [0.29, 0.717) is 36.1 Å². The van der Waals surface area contributed by atoms with Gasteiger partial charge in [-0.2, -0.15) is 0 Å². The van der Waals surface area contributed by atoms with Crippen molar-refractivity contribution in [3.63, 3.8) is 0 Å². The topological polar surface area (TPSA) is 103 Å². The van der Waals surface area contributed by atoms with Gasteiger partial charge in [-0.3, -0.25) is 0 Å². The van der Waals surface area contributed by atoms with Gasteiger partial charge in [0.05, 0.1) is 18.2 Å². The second-order valence-corrected chi connectivity index (χ2v) is 7.78. The van der Waals surface area contributed by atoms with Gasteiger partial charge in [-0.25, -0.2) is 9.97 Å². The van der Waals surface area contributed by atoms with Gasteiger partial charge in [-0.1, -0.05) is 31.2 Å². The van der Waals surface area contributed by atoms with Crippen molar-refractivity contribution >= 4 is 16.7 Å². The monoisotopic (exact) mass is 444 g/mol. The summed E-state index contributed by atoms with van der Waals surface area (Å²) in [6.45, 7) is 3.00. The molecule has 0 saturated carbocycles. The van der Waals surface area contributed by atoms with E-state index in [1.54, 1.807) is 25.3 Å². The standard InChI is InChI=1S/C26H28N4O3/c1-3-18(27)15-28-25-21-9-4-5-10-23(21)29-26(30-25)22-14-20(11-12-24(22)31)33-16-17-7-6-8-19(13-17)32-2/h4-14,18,31H,3,15-16,27H2,1-2H3,(H,28,29,30). The third-order valence-corrected chi connectivity index (χ3v) is 5.41. The molecule has 0 bridgehead atoms. The minimum Gasteiger partial charge on any atom is -0.507 e. The highest BCUT2D eigenvalue weighted by molar-refractivity contribution is 5.91. The van der Waals surface area contributed by atoms with E-state index in [1.807, 2.05) is 55.5 Å². The molecule has 1 atom stereocenters. The summed E-state index contributed by atoms with van der Waals surface area (Å²) in [6.07, 6.45) is 0.857. The molecule has 3 aromatic carbocycles. The van der Waals surface area contributed by atoms with Crippen LogP contribution in [0.15, 0.2) is 66.7 Å². The first-order chi connectivity index (χ1) is 16.1. The molecule has 4 rings (SSSR count). The maximum absolute atomic E-state index is 10.6. The summed E-state index contributed by atoms with van der Waals surface area (Å²) in [5.41, 5.74) is 8.33. The van der Waals surface area contributed by atoms with E-state index >= 15 is 0 Å². The average Bonchev–Trinajstić information content (AvgIpc) is 2.86. The highest BCUT2D eigenvalue weighted by atomic mass is 16.5. The molecule has 0 spiro atoms. The largest absolute Gasteiger partial charge is 0.507 e. The van der Waals surface area contributed by atoms with Gasteiger partial charge >= 0.3 is 0 Å². The molecule has 33 heavy (non-hydrogen) atoms. The van der Waals surface area contributed by atoms with Crippen LogP contribution in [0.25, 0.3) is 22.3 Å². The zero-order valence-electron chi connectivity index (χ0n) is 18.8. The smallest absolute Gasteiger partial charge is 0.166 e. The number of nitrogens with two attached hydrogens (primary N) is 1. The average molecular weight is 445 g/mol. The SMILES string of the molecule is CCC(N)CNc1nc(-c2cc(OCc3cccc(OC)c3)ccc2O)nc2ccccc12. The molecule has 0 aliphatic heterocycles. The maximum atomic E-state index is 10.6. The first-order valence-corrected chi connectivity index (χ1v) is 10.9. The minimum atomic E-state index is 0.0175. The second-order valence-electron chi connectivity index (χ2n) is 7.78. The van der Waals surface area contributed by atoms with Crippen molar-refractivity contribution < 1.29 is 14.6 Å². The normalized spacial score (nSPS) is 11.8. The van der Waals surface area contributed by atoms with Crippen LogP contribution >= 0.6 is 0 Å². The number of hydrogen-bond acceptors (Lipinski definition) is 7. The third-order valence-electron chi connectivity index (χ3n) is 5.41. The number of phenolic OH excluding ortho intramolecular Hbond substituents is 1. The lowest BCUT2D eigenvalue weighted by Crippen LogP contribution is -2.28. The maximum Gasteiger partial charge on any atom is 0.166 e. The van der Waals surface area contributed by atoms with E-state index in [-0.39, 0.29) is 11.8 Å². The molecular weight excluding hydrogens is 416 g/mol. The van der Waals surface area contributed by atoms with Crippen LogP contribution in [0.2, 0.25) is 0 Å². The van der Waals surface area contributed by atoms with Crippen LogP contribution in [0.4, 0.5) is 5.82 Å². The summed E-state index contributed by atoms with van der Waals surface area (Å²) >= 11 is 0. The van der Waals surface area contributed by atoms with E-state index in [2.05, 4.69) is 10.3 Å². The molecule has 0 radical (unpaired) electrons. The van der Waals surface area contributed by atoms with Gasteiger partial charge in [0.25, 0.3) is 0 Å². The summed E-state index contributed by atoms with van der Waals surface area (Å²) in [7, 11) is 1.63. The van der Waals surface area contributed by atoms with E-state index in [0.717, 1.165) is 28.6 Å². The molecule has 4 aromatic rings. The van der Waals surface area contributed by atoms with E-state index < -0.39 is 0 Å². The van der Waals surface area contributed by atoms with Crippen LogP contribution in [0.5, 0.6) is 17.2 Å². The highest BCUT2D eigenvalue weighted by Gasteiger charge is 2.14. The van der Waals surface area contributed by atoms with Crippen LogP contribution in [-0.2, 0) is 6.61 Å². The van der Waals surface area contributed by atoms with Crippen LogP contribution in [0.1, 0.15) is 18.9 Å². The van der Waals surface area contributed by atoms with Gasteiger partial charge in [0, 0.05) is 18.0 Å². The lowest BCUT2D eigenvalue weighted by molar-refractivity contribution is 0.305. The molecular formula is C26H28N4O3. The predicted octanol–water partition coefficient (Wildman–Crippen LogP) is 4.74. The van der Waals surface area contributed by atoms with Crippen LogP contribution in [0.3, 0.4) is 0 Å². The fraction of sp³-hybridized carbons (Fsp3) is 0.231. The minimum absolute atomic E-state index is 0.0175. The number of anilines is 1. The third kappa shape index (κ3) is 5.32. The number of methoxy groups -OCH3 is 1. The Labute approximate surface area is 193 Å². The molecule has 0 aliphatic carbocycles. The number of nitrogens with one attached hydrogen (secondary N) is 1. The lowest BCUT2D eigenvalue weighted by atomic mass is 10.1. The number of hydrogen-bond donors (Lipinski definition) is 3. The lowest BCUT2D eigenvalue weighted by Gasteiger charge is -2.15.